The number of aliphatic hydroxyl groups is 1. The molecule has 8 nitrogen and oxygen atoms in total. The van der Waals surface area contributed by atoms with Crippen LogP contribution in [0, 0.1) is 23.2 Å². The normalized spacial score (nSPS) is 30.4. The molecule has 4 rings (SSSR count). The number of hydrogen-bond acceptors (Lipinski definition) is 8. The van der Waals surface area contributed by atoms with E-state index in [1.165, 1.54) is 13.0 Å². The fraction of sp³-hybridized carbons (Fsp3) is 0.421. The number of ketones is 1. The molecule has 1 saturated carbocycles. The largest absolute Gasteiger partial charge is 0.458 e. The molecule has 2 aromatic carbocycles. The Kier molecular flexibility index (Phi) is 10.8. The highest BCUT2D eigenvalue weighted by atomic mass is 16.6. The van der Waals surface area contributed by atoms with E-state index in [0.717, 1.165) is 5.56 Å². The van der Waals surface area contributed by atoms with Gasteiger partial charge in [-0.1, -0.05) is 95.0 Å². The molecule has 0 aliphatic heterocycles. The molecule has 0 spiro atoms. The van der Waals surface area contributed by atoms with Crippen molar-refractivity contribution in [2.45, 2.75) is 77.8 Å². The maximum atomic E-state index is 14.1. The van der Waals surface area contributed by atoms with Crippen LogP contribution >= 0.6 is 0 Å². The van der Waals surface area contributed by atoms with Crippen molar-refractivity contribution in [2.75, 3.05) is 0 Å². The predicted molar refractivity (Wildman–Crippen MR) is 174 cm³/mol. The maximum absolute atomic E-state index is 14.1. The van der Waals surface area contributed by atoms with E-state index in [9.17, 15) is 24.3 Å². The molecule has 0 unspecified atom stereocenters. The van der Waals surface area contributed by atoms with Crippen molar-refractivity contribution in [3.05, 3.63) is 102 Å². The number of rotatable bonds is 6. The fourth-order valence-corrected chi connectivity index (χ4v) is 6.53. The zero-order valence-corrected chi connectivity index (χ0v) is 27.2. The van der Waals surface area contributed by atoms with Gasteiger partial charge < -0.3 is 19.3 Å². The Labute approximate surface area is 271 Å². The van der Waals surface area contributed by atoms with Gasteiger partial charge >= 0.3 is 17.9 Å². The Morgan fingerprint density at radius 2 is 1.59 bits per heavy atom. The third-order valence-corrected chi connectivity index (χ3v) is 9.06. The van der Waals surface area contributed by atoms with Crippen molar-refractivity contribution >= 4 is 29.8 Å². The molecule has 7 atom stereocenters. The molecule has 2 aromatic rings. The Balaban J connectivity index is 1.70. The van der Waals surface area contributed by atoms with Crippen LogP contribution in [0.15, 0.2) is 91.0 Å². The molecule has 1 N–H and O–H groups in total. The number of esters is 3. The molecule has 8 heteroatoms. The number of benzene rings is 2. The van der Waals surface area contributed by atoms with Crippen LogP contribution in [0.1, 0.15) is 69.8 Å². The molecule has 0 aromatic heterocycles. The summed E-state index contributed by atoms with van der Waals surface area (Å²) in [5, 5.41) is 12.2. The molecule has 0 bridgehead atoms. The molecule has 2 aliphatic carbocycles. The molecular formula is C38H44O8. The van der Waals surface area contributed by atoms with E-state index in [2.05, 4.69) is 6.58 Å². The van der Waals surface area contributed by atoms with Crippen molar-refractivity contribution in [1.82, 2.24) is 0 Å². The van der Waals surface area contributed by atoms with Gasteiger partial charge in [-0.3, -0.25) is 9.59 Å². The minimum atomic E-state index is -1.98. The SMILES string of the molecule is C=C1CC[C@@H](OC(=O)/C=C/c2ccccc2)C(C)(C)/C=C/[C@@H](C)C(=O)[C@]2(O)C[C@@H](C)[C@@H](OC(=O)c3ccccc3)[C@H]2[C@@H]1OC(C)=O. The third kappa shape index (κ3) is 7.91. The number of Topliss-reactive ketones (excluding diaryl/α,β-unsaturated/α-hetero) is 1. The summed E-state index contributed by atoms with van der Waals surface area (Å²) in [7, 11) is 0. The first-order chi connectivity index (χ1) is 21.7. The summed E-state index contributed by atoms with van der Waals surface area (Å²) in [5.41, 5.74) is -1.11. The van der Waals surface area contributed by atoms with Gasteiger partial charge in [-0.05, 0) is 54.5 Å². The van der Waals surface area contributed by atoms with Crippen molar-refractivity contribution in [3.8, 4) is 0 Å². The molecule has 2 aliphatic rings. The van der Waals surface area contributed by atoms with E-state index < -0.39 is 70.8 Å². The summed E-state index contributed by atoms with van der Waals surface area (Å²) >= 11 is 0. The van der Waals surface area contributed by atoms with Gasteiger partial charge in [-0.25, -0.2) is 9.59 Å². The van der Waals surface area contributed by atoms with Gasteiger partial charge in [-0.2, -0.15) is 0 Å². The van der Waals surface area contributed by atoms with Crippen LogP contribution in [0.5, 0.6) is 0 Å². The number of fused-ring (bicyclic) bond motifs is 1. The lowest BCUT2D eigenvalue weighted by Crippen LogP contribution is -2.54. The molecule has 0 radical (unpaired) electrons. The number of carbonyl (C=O) groups excluding carboxylic acids is 4. The smallest absolute Gasteiger partial charge is 0.338 e. The van der Waals surface area contributed by atoms with E-state index in [1.807, 2.05) is 50.3 Å². The summed E-state index contributed by atoms with van der Waals surface area (Å²) in [4.78, 5) is 52.8. The highest BCUT2D eigenvalue weighted by Crippen LogP contribution is 2.48. The molecule has 46 heavy (non-hydrogen) atoms. The van der Waals surface area contributed by atoms with E-state index in [1.54, 1.807) is 56.3 Å². The first kappa shape index (κ1) is 34.6. The Morgan fingerprint density at radius 1 is 0.957 bits per heavy atom. The van der Waals surface area contributed by atoms with Crippen LogP contribution in [0.2, 0.25) is 0 Å². The molecule has 0 amide bonds. The van der Waals surface area contributed by atoms with Crippen LogP contribution in [0.25, 0.3) is 6.08 Å². The van der Waals surface area contributed by atoms with Crippen molar-refractivity contribution in [1.29, 1.82) is 0 Å². The van der Waals surface area contributed by atoms with Gasteiger partial charge in [0.05, 0.1) is 11.5 Å². The topological polar surface area (TPSA) is 116 Å². The molecular weight excluding hydrogens is 584 g/mol. The average molecular weight is 629 g/mol. The minimum Gasteiger partial charge on any atom is -0.458 e. The molecule has 0 saturated heterocycles. The summed E-state index contributed by atoms with van der Waals surface area (Å²) in [6.07, 6.45) is 4.40. The first-order valence-corrected chi connectivity index (χ1v) is 15.7. The van der Waals surface area contributed by atoms with E-state index in [4.69, 9.17) is 14.2 Å². The summed E-state index contributed by atoms with van der Waals surface area (Å²) in [6, 6.07) is 17.8. The number of hydrogen-bond donors (Lipinski definition) is 1. The minimum absolute atomic E-state index is 0.00381. The van der Waals surface area contributed by atoms with Crippen LogP contribution in [0.4, 0.5) is 0 Å². The Morgan fingerprint density at radius 3 is 2.22 bits per heavy atom. The summed E-state index contributed by atoms with van der Waals surface area (Å²) in [5.74, 6) is -4.58. The highest BCUT2D eigenvalue weighted by molar-refractivity contribution is 5.92. The van der Waals surface area contributed by atoms with Crippen LogP contribution < -0.4 is 0 Å². The summed E-state index contributed by atoms with van der Waals surface area (Å²) in [6.45, 7) is 12.8. The van der Waals surface area contributed by atoms with Crippen molar-refractivity contribution in [2.24, 2.45) is 23.2 Å². The van der Waals surface area contributed by atoms with E-state index in [-0.39, 0.29) is 12.8 Å². The van der Waals surface area contributed by atoms with Crippen LogP contribution in [-0.2, 0) is 28.6 Å². The third-order valence-electron chi connectivity index (χ3n) is 9.06. The zero-order valence-electron chi connectivity index (χ0n) is 27.2. The number of allylic oxidation sites excluding steroid dienone is 1. The predicted octanol–water partition coefficient (Wildman–Crippen LogP) is 6.29. The van der Waals surface area contributed by atoms with E-state index in [0.29, 0.717) is 17.6 Å². The molecule has 1 fully saturated rings. The fourth-order valence-electron chi connectivity index (χ4n) is 6.53. The monoisotopic (exact) mass is 628 g/mol. The van der Waals surface area contributed by atoms with Gasteiger partial charge in [0.2, 0.25) is 0 Å². The number of carbonyl (C=O) groups is 4. The van der Waals surface area contributed by atoms with Crippen LogP contribution in [-0.4, -0.2) is 52.7 Å². The van der Waals surface area contributed by atoms with Gasteiger partial charge in [-0.15, -0.1) is 0 Å². The van der Waals surface area contributed by atoms with Gasteiger partial charge in [0.15, 0.2) is 5.78 Å². The van der Waals surface area contributed by atoms with Gasteiger partial charge in [0.1, 0.15) is 23.9 Å². The second-order valence-electron chi connectivity index (χ2n) is 13.1. The Bertz CT molecular complexity index is 1490. The van der Waals surface area contributed by atoms with Crippen LogP contribution in [0.3, 0.4) is 0 Å². The quantitative estimate of drug-likeness (QED) is 0.172. The molecule has 0 heterocycles. The standard InChI is InChI=1S/C38H44O8/c1-24-17-19-30(45-31(40)20-18-28-13-9-7-10-14-28)37(5,6)22-21-25(2)35(41)38(43)23-26(3)34(32(38)33(24)44-27(4)39)46-36(42)29-15-11-8-12-16-29/h7-16,18,20-22,25-26,30,32-34,43H,1,17,19,23H2,2-6H3/b20-18+,22-21+/t25-,26-,30-,32-,33-,34-,38+/m1/s1. The first-order valence-electron chi connectivity index (χ1n) is 15.7. The van der Waals surface area contributed by atoms with Gasteiger partial charge in [0, 0.05) is 24.3 Å². The zero-order chi connectivity index (χ0) is 33.6. The lowest BCUT2D eigenvalue weighted by Gasteiger charge is -2.39. The van der Waals surface area contributed by atoms with E-state index >= 15 is 0 Å². The van der Waals surface area contributed by atoms with Crippen molar-refractivity contribution in [3.63, 3.8) is 0 Å². The maximum Gasteiger partial charge on any atom is 0.338 e. The second kappa shape index (κ2) is 14.4. The van der Waals surface area contributed by atoms with Crippen molar-refractivity contribution < 1.29 is 38.5 Å². The average Bonchev–Trinajstić information content (AvgIpc) is 3.28. The summed E-state index contributed by atoms with van der Waals surface area (Å²) < 4.78 is 17.8. The number of ether oxygens (including phenoxy) is 3. The van der Waals surface area contributed by atoms with Gasteiger partial charge in [0.25, 0.3) is 0 Å². The lowest BCUT2D eigenvalue weighted by atomic mass is 9.73. The highest BCUT2D eigenvalue weighted by Gasteiger charge is 2.61. The second-order valence-corrected chi connectivity index (χ2v) is 13.1. The lowest BCUT2D eigenvalue weighted by molar-refractivity contribution is -0.164. The molecule has 244 valence electrons. The Hall–Kier alpha value is -4.30.